The maximum absolute atomic E-state index is 14.8. The molecule has 0 fully saturated rings. The molecule has 2 atom stereocenters. The topological polar surface area (TPSA) is 97.3 Å². The van der Waals surface area contributed by atoms with Crippen LogP contribution < -0.4 is 5.73 Å². The van der Waals surface area contributed by atoms with Crippen molar-refractivity contribution >= 4 is 17.5 Å². The number of hydrogen-bond donors (Lipinski definition) is 2. The van der Waals surface area contributed by atoms with Gasteiger partial charge >= 0.3 is 0 Å². The van der Waals surface area contributed by atoms with Gasteiger partial charge in [0.05, 0.1) is 18.2 Å². The van der Waals surface area contributed by atoms with Crippen LogP contribution in [0, 0.1) is 11.2 Å². The number of nitrogens with zero attached hydrogens (tertiary/aromatic N) is 4. The normalized spacial score (nSPS) is 13.4. The molecular formula is C26H32ClF2N5O2. The molecule has 1 aromatic heterocycles. The van der Waals surface area contributed by atoms with Crippen LogP contribution in [0.2, 0.25) is 5.02 Å². The summed E-state index contributed by atoms with van der Waals surface area (Å²) in [4.78, 5) is 19.1. The first-order chi connectivity index (χ1) is 17.0. The number of hydrogen-bond acceptors (Lipinski definition) is 5. The van der Waals surface area contributed by atoms with E-state index in [2.05, 4.69) is 5.10 Å². The van der Waals surface area contributed by atoms with Gasteiger partial charge in [0.1, 0.15) is 19.1 Å². The Kier molecular flexibility index (Phi) is 9.16. The van der Waals surface area contributed by atoms with E-state index >= 15 is 0 Å². The molecule has 0 saturated heterocycles. The number of carbonyl (C=O) groups is 1. The van der Waals surface area contributed by atoms with Crippen molar-refractivity contribution in [1.29, 1.82) is 0 Å². The maximum Gasteiger partial charge on any atom is 0.248 e. The Morgan fingerprint density at radius 3 is 2.53 bits per heavy atom. The lowest BCUT2D eigenvalue weighted by Gasteiger charge is -2.39. The zero-order valence-corrected chi connectivity index (χ0v) is 21.4. The third-order valence-corrected chi connectivity index (χ3v) is 6.05. The van der Waals surface area contributed by atoms with Crippen LogP contribution >= 0.6 is 11.6 Å². The van der Waals surface area contributed by atoms with Gasteiger partial charge in [0, 0.05) is 17.6 Å². The minimum atomic E-state index is -0.752. The van der Waals surface area contributed by atoms with Crippen LogP contribution in [0.4, 0.5) is 8.78 Å². The molecule has 0 aliphatic rings. The largest absolute Gasteiger partial charge is 0.387 e. The van der Waals surface area contributed by atoms with Crippen molar-refractivity contribution in [3.63, 3.8) is 0 Å². The van der Waals surface area contributed by atoms with E-state index in [4.69, 9.17) is 22.3 Å². The van der Waals surface area contributed by atoms with E-state index in [-0.39, 0.29) is 24.4 Å². The molecule has 0 aliphatic heterocycles. The van der Waals surface area contributed by atoms with Crippen LogP contribution in [0.3, 0.4) is 0 Å². The van der Waals surface area contributed by atoms with Crippen molar-refractivity contribution < 1.29 is 18.7 Å². The van der Waals surface area contributed by atoms with E-state index in [1.165, 1.54) is 23.1 Å². The number of amides is 1. The summed E-state index contributed by atoms with van der Waals surface area (Å²) in [6.07, 6.45) is 0.192. The zero-order valence-electron chi connectivity index (χ0n) is 20.7. The molecule has 10 heteroatoms. The fourth-order valence-corrected chi connectivity index (χ4v) is 4.25. The average molecular weight is 520 g/mol. The quantitative estimate of drug-likeness (QED) is 0.414. The molecule has 0 aliphatic carbocycles. The van der Waals surface area contributed by atoms with Gasteiger partial charge in [0.2, 0.25) is 5.91 Å². The Labute approximate surface area is 214 Å². The highest BCUT2D eigenvalue weighted by Crippen LogP contribution is 2.39. The third-order valence-electron chi connectivity index (χ3n) is 5.82. The van der Waals surface area contributed by atoms with Gasteiger partial charge < -0.3 is 15.7 Å². The summed E-state index contributed by atoms with van der Waals surface area (Å²) in [6.45, 7) is 4.71. The van der Waals surface area contributed by atoms with Crippen molar-refractivity contribution in [2.24, 2.45) is 11.1 Å². The minimum Gasteiger partial charge on any atom is -0.387 e. The molecular weight excluding hydrogens is 488 g/mol. The lowest BCUT2D eigenvalue weighted by molar-refractivity contribution is -0.139. The molecule has 194 valence electrons. The van der Waals surface area contributed by atoms with E-state index in [0.717, 1.165) is 5.56 Å². The summed E-state index contributed by atoms with van der Waals surface area (Å²) in [5, 5.41) is 14.7. The predicted molar refractivity (Wildman–Crippen MR) is 136 cm³/mol. The van der Waals surface area contributed by atoms with E-state index in [1.54, 1.807) is 4.68 Å². The maximum atomic E-state index is 14.8. The Morgan fingerprint density at radius 1 is 1.22 bits per heavy atom. The summed E-state index contributed by atoms with van der Waals surface area (Å²) < 4.78 is 29.5. The summed E-state index contributed by atoms with van der Waals surface area (Å²) in [5.41, 5.74) is 6.26. The van der Waals surface area contributed by atoms with Crippen LogP contribution in [0.15, 0.2) is 48.5 Å². The van der Waals surface area contributed by atoms with Crippen molar-refractivity contribution in [2.45, 2.75) is 45.8 Å². The molecule has 3 aromatic rings. The summed E-state index contributed by atoms with van der Waals surface area (Å²) in [6, 6.07) is 12.2. The van der Waals surface area contributed by atoms with Gasteiger partial charge in [-0.15, -0.1) is 0 Å². The Balaban J connectivity index is 2.18. The highest BCUT2D eigenvalue weighted by Gasteiger charge is 2.39. The monoisotopic (exact) mass is 519 g/mol. The molecule has 36 heavy (non-hydrogen) atoms. The summed E-state index contributed by atoms with van der Waals surface area (Å²) >= 11 is 6.12. The van der Waals surface area contributed by atoms with Gasteiger partial charge in [0.15, 0.2) is 11.6 Å². The molecule has 3 rings (SSSR count). The number of halogens is 3. The first kappa shape index (κ1) is 27.7. The first-order valence-corrected chi connectivity index (χ1v) is 12.1. The molecule has 0 spiro atoms. The third kappa shape index (κ3) is 6.66. The van der Waals surface area contributed by atoms with Crippen molar-refractivity contribution in [3.8, 4) is 11.4 Å². The molecule has 1 unspecified atom stereocenters. The Morgan fingerprint density at radius 2 is 1.92 bits per heavy atom. The fraction of sp³-hybridized carbons (Fsp3) is 0.423. The van der Waals surface area contributed by atoms with Gasteiger partial charge in [-0.05, 0) is 35.6 Å². The Bertz CT molecular complexity index is 1170. The number of alkyl halides is 1. The zero-order chi connectivity index (χ0) is 26.5. The molecule has 1 amide bonds. The van der Waals surface area contributed by atoms with E-state index in [0.29, 0.717) is 17.4 Å². The smallest absolute Gasteiger partial charge is 0.248 e. The standard InChI is InChI=1S/C26H32ClF2N5O2/c1-26(2,3)23(33(22(36)16-35)12-11-19(30)14-28)25-31-24(20-13-18(27)9-10-21(20)29)32-34(25)15-17-7-5-4-6-8-17/h4-10,13,19,23,35H,11-12,14-16,30H2,1-3H3/t19?,23-/m0/s1. The molecule has 1 heterocycles. The molecule has 2 aromatic carbocycles. The van der Waals surface area contributed by atoms with Gasteiger partial charge in [-0.25, -0.2) is 18.4 Å². The van der Waals surface area contributed by atoms with E-state index in [9.17, 15) is 18.7 Å². The number of aliphatic hydroxyl groups excluding tert-OH is 1. The highest BCUT2D eigenvalue weighted by atomic mass is 35.5. The number of aliphatic hydroxyl groups is 1. The molecule has 0 saturated carbocycles. The molecule has 3 N–H and O–H groups in total. The highest BCUT2D eigenvalue weighted by molar-refractivity contribution is 6.30. The lowest BCUT2D eigenvalue weighted by atomic mass is 9.84. The number of aromatic nitrogens is 3. The van der Waals surface area contributed by atoms with E-state index < -0.39 is 42.5 Å². The molecule has 0 bridgehead atoms. The van der Waals surface area contributed by atoms with Crippen LogP contribution in [0.5, 0.6) is 0 Å². The predicted octanol–water partition coefficient (Wildman–Crippen LogP) is 4.38. The van der Waals surface area contributed by atoms with Crippen LogP contribution in [0.1, 0.15) is 44.6 Å². The van der Waals surface area contributed by atoms with Gasteiger partial charge in [-0.1, -0.05) is 62.7 Å². The summed E-state index contributed by atoms with van der Waals surface area (Å²) in [5.74, 6) is -0.568. The SMILES string of the molecule is CC(C)(C)[C@H](c1nc(-c2cc(Cl)ccc2F)nn1Cc1ccccc1)N(CCC(N)CF)C(=O)CO. The number of carbonyl (C=O) groups excluding carboxylic acids is 1. The average Bonchev–Trinajstić information content (AvgIpc) is 3.24. The minimum absolute atomic E-state index is 0.103. The second-order valence-electron chi connectivity index (χ2n) is 9.78. The summed E-state index contributed by atoms with van der Waals surface area (Å²) in [7, 11) is 0. The van der Waals surface area contributed by atoms with Gasteiger partial charge in [0.25, 0.3) is 0 Å². The molecule has 7 nitrogen and oxygen atoms in total. The van der Waals surface area contributed by atoms with Crippen molar-refractivity contribution in [1.82, 2.24) is 19.7 Å². The van der Waals surface area contributed by atoms with Crippen LogP contribution in [0.25, 0.3) is 11.4 Å². The molecule has 0 radical (unpaired) electrons. The Hall–Kier alpha value is -2.88. The van der Waals surface area contributed by atoms with E-state index in [1.807, 2.05) is 51.1 Å². The first-order valence-electron chi connectivity index (χ1n) is 11.7. The van der Waals surface area contributed by atoms with Crippen molar-refractivity contribution in [3.05, 3.63) is 70.8 Å². The van der Waals surface area contributed by atoms with Gasteiger partial charge in [-0.2, -0.15) is 5.10 Å². The number of nitrogens with two attached hydrogens (primary N) is 1. The van der Waals surface area contributed by atoms with Crippen LogP contribution in [-0.4, -0.2) is 56.5 Å². The second kappa shape index (κ2) is 11.9. The fourth-order valence-electron chi connectivity index (χ4n) is 4.08. The second-order valence-corrected chi connectivity index (χ2v) is 10.2. The van der Waals surface area contributed by atoms with Crippen molar-refractivity contribution in [2.75, 3.05) is 19.8 Å². The number of benzene rings is 2. The number of rotatable bonds is 10. The lowest BCUT2D eigenvalue weighted by Crippen LogP contribution is -2.45. The van der Waals surface area contributed by atoms with Crippen LogP contribution in [-0.2, 0) is 11.3 Å². The van der Waals surface area contributed by atoms with Gasteiger partial charge in [-0.3, -0.25) is 4.79 Å².